The topological polar surface area (TPSA) is 50.7 Å². The predicted octanol–water partition coefficient (Wildman–Crippen LogP) is 1.82. The van der Waals surface area contributed by atoms with Crippen LogP contribution >= 0.6 is 0 Å². The first-order valence-corrected chi connectivity index (χ1v) is 6.36. The highest BCUT2D eigenvalue weighted by molar-refractivity contribution is 5.44. The highest BCUT2D eigenvalue weighted by Gasteiger charge is 2.03. The third-order valence-corrected chi connectivity index (χ3v) is 2.48. The molecule has 1 aromatic carbocycles. The van der Waals surface area contributed by atoms with Crippen molar-refractivity contribution in [2.24, 2.45) is 0 Å². The van der Waals surface area contributed by atoms with Crippen molar-refractivity contribution in [3.63, 3.8) is 0 Å². The number of ether oxygens (including phenoxy) is 2. The molecule has 1 unspecified atom stereocenters. The molecule has 0 fully saturated rings. The molecule has 0 spiro atoms. The third-order valence-electron chi connectivity index (χ3n) is 2.48. The van der Waals surface area contributed by atoms with E-state index >= 15 is 0 Å². The number of hydrogen-bond donors (Lipinski definition) is 2. The average Bonchev–Trinajstić information content (AvgIpc) is 2.38. The lowest BCUT2D eigenvalue weighted by molar-refractivity contribution is 0.0103. The zero-order valence-corrected chi connectivity index (χ0v) is 11.2. The summed E-state index contributed by atoms with van der Waals surface area (Å²) in [7, 11) is 0. The molecule has 1 rings (SSSR count). The van der Waals surface area contributed by atoms with E-state index in [-0.39, 0.29) is 0 Å². The highest BCUT2D eigenvalue weighted by Crippen LogP contribution is 2.08. The lowest BCUT2D eigenvalue weighted by Gasteiger charge is -2.13. The lowest BCUT2D eigenvalue weighted by atomic mass is 10.2. The fourth-order valence-electron chi connectivity index (χ4n) is 1.45. The molecule has 1 aromatic rings. The Labute approximate surface area is 109 Å². The smallest absolute Gasteiger partial charge is 0.0945 e. The maximum absolute atomic E-state index is 9.69. The molecule has 0 heterocycles. The molecule has 18 heavy (non-hydrogen) atoms. The second-order valence-electron chi connectivity index (χ2n) is 4.17. The standard InChI is InChI=1S/C14H23NO3/c1-3-17-8-9-18-11-14(16)10-15-13-6-4-12(2)5-7-13/h4-7,14-16H,3,8-11H2,1-2H3. The van der Waals surface area contributed by atoms with Crippen LogP contribution in [-0.2, 0) is 9.47 Å². The second kappa shape index (κ2) is 8.91. The third kappa shape index (κ3) is 6.59. The molecule has 102 valence electrons. The summed E-state index contributed by atoms with van der Waals surface area (Å²) in [5.41, 5.74) is 2.23. The van der Waals surface area contributed by atoms with Gasteiger partial charge in [-0.15, -0.1) is 0 Å². The molecule has 2 N–H and O–H groups in total. The molecule has 0 saturated carbocycles. The van der Waals surface area contributed by atoms with Crippen molar-refractivity contribution in [1.29, 1.82) is 0 Å². The SMILES string of the molecule is CCOCCOCC(O)CNc1ccc(C)cc1. The molecule has 0 saturated heterocycles. The van der Waals surface area contributed by atoms with E-state index in [1.54, 1.807) is 0 Å². The van der Waals surface area contributed by atoms with Crippen molar-refractivity contribution in [2.75, 3.05) is 38.3 Å². The summed E-state index contributed by atoms with van der Waals surface area (Å²) in [5, 5.41) is 12.9. The average molecular weight is 253 g/mol. The van der Waals surface area contributed by atoms with E-state index in [9.17, 15) is 5.11 Å². The molecular formula is C14H23NO3. The Morgan fingerprint density at radius 1 is 1.17 bits per heavy atom. The van der Waals surface area contributed by atoms with Crippen molar-refractivity contribution < 1.29 is 14.6 Å². The van der Waals surface area contributed by atoms with Crippen LogP contribution in [-0.4, -0.2) is 44.2 Å². The van der Waals surface area contributed by atoms with Crippen LogP contribution in [0.3, 0.4) is 0 Å². The molecule has 1 atom stereocenters. The van der Waals surface area contributed by atoms with E-state index in [1.165, 1.54) is 5.56 Å². The van der Waals surface area contributed by atoms with Gasteiger partial charge in [-0.3, -0.25) is 0 Å². The Bertz CT molecular complexity index is 313. The van der Waals surface area contributed by atoms with Crippen LogP contribution in [0.25, 0.3) is 0 Å². The van der Waals surface area contributed by atoms with Crippen molar-refractivity contribution in [3.05, 3.63) is 29.8 Å². The summed E-state index contributed by atoms with van der Waals surface area (Å²) in [6, 6.07) is 8.07. The van der Waals surface area contributed by atoms with Gasteiger partial charge < -0.3 is 19.9 Å². The van der Waals surface area contributed by atoms with Crippen molar-refractivity contribution in [3.8, 4) is 0 Å². The fraction of sp³-hybridized carbons (Fsp3) is 0.571. The first-order chi connectivity index (χ1) is 8.72. The summed E-state index contributed by atoms with van der Waals surface area (Å²) in [6.07, 6.45) is -0.507. The molecule has 0 bridgehead atoms. The van der Waals surface area contributed by atoms with Gasteiger partial charge >= 0.3 is 0 Å². The minimum atomic E-state index is -0.507. The van der Waals surface area contributed by atoms with Gasteiger partial charge in [-0.05, 0) is 26.0 Å². The number of aliphatic hydroxyl groups is 1. The molecule has 4 nitrogen and oxygen atoms in total. The number of nitrogens with one attached hydrogen (secondary N) is 1. The van der Waals surface area contributed by atoms with Gasteiger partial charge in [0.05, 0.1) is 25.9 Å². The van der Waals surface area contributed by atoms with Gasteiger partial charge in [0, 0.05) is 18.8 Å². The summed E-state index contributed by atoms with van der Waals surface area (Å²) in [5.74, 6) is 0. The first-order valence-electron chi connectivity index (χ1n) is 6.36. The number of benzene rings is 1. The molecule has 0 aliphatic rings. The van der Waals surface area contributed by atoms with Crippen LogP contribution in [0.1, 0.15) is 12.5 Å². The second-order valence-corrected chi connectivity index (χ2v) is 4.17. The highest BCUT2D eigenvalue weighted by atomic mass is 16.5. The van der Waals surface area contributed by atoms with E-state index in [0.29, 0.717) is 33.0 Å². The zero-order valence-electron chi connectivity index (χ0n) is 11.2. The van der Waals surface area contributed by atoms with Gasteiger partial charge in [0.1, 0.15) is 0 Å². The maximum atomic E-state index is 9.69. The zero-order chi connectivity index (χ0) is 13.2. The van der Waals surface area contributed by atoms with Crippen LogP contribution in [0.4, 0.5) is 5.69 Å². The Balaban J connectivity index is 2.09. The van der Waals surface area contributed by atoms with Crippen molar-refractivity contribution in [2.45, 2.75) is 20.0 Å². The van der Waals surface area contributed by atoms with Crippen LogP contribution in [0.5, 0.6) is 0 Å². The molecule has 0 aliphatic carbocycles. The predicted molar refractivity (Wildman–Crippen MR) is 73.0 cm³/mol. The van der Waals surface area contributed by atoms with E-state index in [4.69, 9.17) is 9.47 Å². The number of hydrogen-bond acceptors (Lipinski definition) is 4. The molecule has 0 amide bonds. The summed E-state index contributed by atoms with van der Waals surface area (Å²) >= 11 is 0. The Morgan fingerprint density at radius 3 is 2.50 bits per heavy atom. The largest absolute Gasteiger partial charge is 0.389 e. The summed E-state index contributed by atoms with van der Waals surface area (Å²) in [6.45, 7) is 6.60. The van der Waals surface area contributed by atoms with E-state index in [0.717, 1.165) is 5.69 Å². The van der Waals surface area contributed by atoms with E-state index < -0.39 is 6.10 Å². The fourth-order valence-corrected chi connectivity index (χ4v) is 1.45. The minimum Gasteiger partial charge on any atom is -0.389 e. The molecular weight excluding hydrogens is 230 g/mol. The molecule has 0 aliphatic heterocycles. The molecule has 0 aromatic heterocycles. The maximum Gasteiger partial charge on any atom is 0.0945 e. The van der Waals surface area contributed by atoms with E-state index in [2.05, 4.69) is 5.32 Å². The van der Waals surface area contributed by atoms with Crippen molar-refractivity contribution >= 4 is 5.69 Å². The molecule has 0 radical (unpaired) electrons. The van der Waals surface area contributed by atoms with Gasteiger partial charge in [-0.2, -0.15) is 0 Å². The van der Waals surface area contributed by atoms with Gasteiger partial charge in [0.2, 0.25) is 0 Å². The Hall–Kier alpha value is -1.10. The lowest BCUT2D eigenvalue weighted by Crippen LogP contribution is -2.25. The Kier molecular flexibility index (Phi) is 7.41. The van der Waals surface area contributed by atoms with Crippen LogP contribution < -0.4 is 5.32 Å². The molecule has 4 heteroatoms. The number of aliphatic hydroxyl groups excluding tert-OH is 1. The van der Waals surface area contributed by atoms with Crippen LogP contribution in [0.15, 0.2) is 24.3 Å². The minimum absolute atomic E-state index is 0.325. The monoisotopic (exact) mass is 253 g/mol. The summed E-state index contributed by atoms with van der Waals surface area (Å²) < 4.78 is 10.4. The summed E-state index contributed by atoms with van der Waals surface area (Å²) in [4.78, 5) is 0. The quantitative estimate of drug-likeness (QED) is 0.659. The number of aryl methyl sites for hydroxylation is 1. The Morgan fingerprint density at radius 2 is 1.83 bits per heavy atom. The number of rotatable bonds is 9. The number of anilines is 1. The van der Waals surface area contributed by atoms with Crippen molar-refractivity contribution in [1.82, 2.24) is 0 Å². The van der Waals surface area contributed by atoms with Crippen LogP contribution in [0.2, 0.25) is 0 Å². The first kappa shape index (κ1) is 15.0. The van der Waals surface area contributed by atoms with Gasteiger partial charge in [0.25, 0.3) is 0 Å². The van der Waals surface area contributed by atoms with Crippen LogP contribution in [0, 0.1) is 6.92 Å². The van der Waals surface area contributed by atoms with Gasteiger partial charge in [0.15, 0.2) is 0 Å². The van der Waals surface area contributed by atoms with Gasteiger partial charge in [-0.1, -0.05) is 17.7 Å². The van der Waals surface area contributed by atoms with E-state index in [1.807, 2.05) is 38.1 Å². The van der Waals surface area contributed by atoms with Gasteiger partial charge in [-0.25, -0.2) is 0 Å². The normalized spacial score (nSPS) is 12.4.